The van der Waals surface area contributed by atoms with Crippen LogP contribution in [0, 0.1) is 0 Å². The Morgan fingerprint density at radius 3 is 2.40 bits per heavy atom. The van der Waals surface area contributed by atoms with Gasteiger partial charge in [-0.05, 0) is 22.0 Å². The zero-order valence-electron chi connectivity index (χ0n) is 6.72. The molecule has 0 aliphatic heterocycles. The Morgan fingerprint density at radius 1 is 1.47 bits per heavy atom. The highest BCUT2D eigenvalue weighted by Crippen LogP contribution is 2.32. The second-order valence-electron chi connectivity index (χ2n) is 2.39. The lowest BCUT2D eigenvalue weighted by atomic mass is 10.3. The highest BCUT2D eigenvalue weighted by Gasteiger charge is 2.22. The van der Waals surface area contributed by atoms with Crippen molar-refractivity contribution in [2.24, 2.45) is 0 Å². The molecule has 0 saturated carbocycles. The van der Waals surface area contributed by atoms with E-state index in [0.717, 1.165) is 6.07 Å². The number of pyridine rings is 1. The van der Waals surface area contributed by atoms with E-state index in [4.69, 9.17) is 22.3 Å². The van der Waals surface area contributed by atoms with E-state index in [1.165, 1.54) is 0 Å². The Labute approximate surface area is 102 Å². The van der Waals surface area contributed by atoms with Crippen LogP contribution in [0.2, 0.25) is 5.02 Å². The van der Waals surface area contributed by atoms with Crippen molar-refractivity contribution in [2.45, 2.75) is 11.5 Å². The van der Waals surface area contributed by atoms with Crippen LogP contribution in [-0.4, -0.2) is 13.4 Å². The first kappa shape index (κ1) is 13.1. The van der Waals surface area contributed by atoms with E-state index in [9.17, 15) is 17.2 Å². The third-order valence-corrected chi connectivity index (χ3v) is 3.64. The molecule has 0 unspecified atom stereocenters. The van der Waals surface area contributed by atoms with Gasteiger partial charge in [-0.25, -0.2) is 22.2 Å². The summed E-state index contributed by atoms with van der Waals surface area (Å²) in [5, 5.41) is -1.09. The van der Waals surface area contributed by atoms with Gasteiger partial charge in [-0.15, -0.1) is 0 Å². The molecule has 0 spiro atoms. The minimum Gasteiger partial charge on any atom is -0.226 e. The summed E-state index contributed by atoms with van der Waals surface area (Å²) in [6.07, 6.45) is -2.81. The molecule has 0 saturated heterocycles. The smallest absolute Gasteiger partial charge is 0.226 e. The monoisotopic (exact) mass is 339 g/mol. The van der Waals surface area contributed by atoms with Crippen LogP contribution in [0.3, 0.4) is 0 Å². The van der Waals surface area contributed by atoms with Crippen LogP contribution in [0.4, 0.5) is 8.78 Å². The van der Waals surface area contributed by atoms with E-state index in [1.807, 2.05) is 0 Å². The van der Waals surface area contributed by atoms with Crippen molar-refractivity contribution in [3.8, 4) is 0 Å². The molecule has 1 aromatic heterocycles. The van der Waals surface area contributed by atoms with E-state index in [1.54, 1.807) is 0 Å². The first-order valence-electron chi connectivity index (χ1n) is 3.32. The fourth-order valence-electron chi connectivity index (χ4n) is 0.789. The molecule has 0 aliphatic rings. The summed E-state index contributed by atoms with van der Waals surface area (Å²) in [6, 6.07) is 0.804. The minimum atomic E-state index is -4.14. The maximum absolute atomic E-state index is 12.3. The Bertz CT molecular complexity index is 494. The molecule has 0 fully saturated rings. The summed E-state index contributed by atoms with van der Waals surface area (Å²) < 4.78 is 46.1. The third-order valence-electron chi connectivity index (χ3n) is 1.39. The Hall–Kier alpha value is 0.0200. The van der Waals surface area contributed by atoms with Crippen molar-refractivity contribution in [3.05, 3.63) is 21.3 Å². The van der Waals surface area contributed by atoms with Crippen LogP contribution in [0.5, 0.6) is 0 Å². The van der Waals surface area contributed by atoms with Gasteiger partial charge < -0.3 is 0 Å². The van der Waals surface area contributed by atoms with Crippen molar-refractivity contribution in [1.29, 1.82) is 0 Å². The van der Waals surface area contributed by atoms with Gasteiger partial charge in [-0.3, -0.25) is 0 Å². The average Bonchev–Trinajstić information content (AvgIpc) is 2.06. The van der Waals surface area contributed by atoms with Gasteiger partial charge in [0, 0.05) is 10.7 Å². The lowest BCUT2D eigenvalue weighted by Crippen LogP contribution is -2.00. The van der Waals surface area contributed by atoms with Gasteiger partial charge in [-0.2, -0.15) is 0 Å². The summed E-state index contributed by atoms with van der Waals surface area (Å²) in [5.74, 6) is 0. The second-order valence-corrected chi connectivity index (χ2v) is 6.03. The summed E-state index contributed by atoms with van der Waals surface area (Å²) in [6.45, 7) is 0. The zero-order valence-corrected chi connectivity index (χ0v) is 10.6. The van der Waals surface area contributed by atoms with Crippen LogP contribution in [-0.2, 0) is 9.05 Å². The number of rotatable bonds is 2. The highest BCUT2D eigenvalue weighted by molar-refractivity contribution is 9.10. The molecule has 0 bridgehead atoms. The largest absolute Gasteiger partial charge is 0.280 e. The lowest BCUT2D eigenvalue weighted by Gasteiger charge is -2.05. The first-order valence-corrected chi connectivity index (χ1v) is 6.80. The zero-order chi connectivity index (χ0) is 11.8. The van der Waals surface area contributed by atoms with Gasteiger partial charge >= 0.3 is 0 Å². The maximum atomic E-state index is 12.3. The van der Waals surface area contributed by atoms with Gasteiger partial charge in [0.2, 0.25) is 0 Å². The predicted molar refractivity (Wildman–Crippen MR) is 54.9 cm³/mol. The molecule has 1 heterocycles. The Kier molecular flexibility index (Phi) is 3.91. The number of hydrogen-bond acceptors (Lipinski definition) is 3. The molecule has 3 nitrogen and oxygen atoms in total. The van der Waals surface area contributed by atoms with Crippen molar-refractivity contribution < 1.29 is 17.2 Å². The Balaban J connectivity index is 3.46. The van der Waals surface area contributed by atoms with E-state index in [0.29, 0.717) is 0 Å². The molecule has 0 radical (unpaired) electrons. The normalized spacial score (nSPS) is 12.1. The standard InChI is InChI=1S/C6H2BrCl2F2NO2S/c7-4-2(5(10)11)1-3(8)6(12-4)15(9,13)14/h1,5H. The summed E-state index contributed by atoms with van der Waals surface area (Å²) in [7, 11) is 0.840. The van der Waals surface area contributed by atoms with Gasteiger partial charge in [0.05, 0.1) is 10.6 Å². The van der Waals surface area contributed by atoms with Crippen LogP contribution in [0.1, 0.15) is 12.0 Å². The summed E-state index contributed by atoms with van der Waals surface area (Å²) in [5.41, 5.74) is -0.496. The summed E-state index contributed by atoms with van der Waals surface area (Å²) in [4.78, 5) is 3.35. The first-order chi connectivity index (χ1) is 6.73. The van der Waals surface area contributed by atoms with Crippen LogP contribution >= 0.6 is 38.2 Å². The van der Waals surface area contributed by atoms with E-state index >= 15 is 0 Å². The molecular formula is C6H2BrCl2F2NO2S. The third kappa shape index (κ3) is 2.99. The van der Waals surface area contributed by atoms with Crippen molar-refractivity contribution in [1.82, 2.24) is 4.98 Å². The highest BCUT2D eigenvalue weighted by atomic mass is 79.9. The molecule has 0 amide bonds. The second kappa shape index (κ2) is 4.48. The summed E-state index contributed by atoms with van der Waals surface area (Å²) >= 11 is 8.15. The lowest BCUT2D eigenvalue weighted by molar-refractivity contribution is 0.150. The Morgan fingerprint density at radius 2 is 2.00 bits per heavy atom. The fourth-order valence-corrected chi connectivity index (χ4v) is 2.80. The van der Waals surface area contributed by atoms with Crippen molar-refractivity contribution >= 4 is 47.3 Å². The van der Waals surface area contributed by atoms with Crippen molar-refractivity contribution in [2.75, 3.05) is 0 Å². The number of aromatic nitrogens is 1. The number of hydrogen-bond donors (Lipinski definition) is 0. The van der Waals surface area contributed by atoms with Crippen LogP contribution in [0.25, 0.3) is 0 Å². The molecule has 0 atom stereocenters. The topological polar surface area (TPSA) is 47.0 Å². The van der Waals surface area contributed by atoms with E-state index < -0.39 is 31.1 Å². The van der Waals surface area contributed by atoms with Crippen LogP contribution < -0.4 is 0 Å². The number of alkyl halides is 2. The number of halogens is 5. The molecule has 0 N–H and O–H groups in total. The van der Waals surface area contributed by atoms with Crippen LogP contribution in [0.15, 0.2) is 15.7 Å². The molecule has 84 valence electrons. The number of nitrogens with zero attached hydrogens (tertiary/aromatic N) is 1. The molecular weight excluding hydrogens is 339 g/mol. The maximum Gasteiger partial charge on any atom is 0.280 e. The van der Waals surface area contributed by atoms with Gasteiger partial charge in [0.25, 0.3) is 15.5 Å². The van der Waals surface area contributed by atoms with Gasteiger partial charge in [0.15, 0.2) is 5.03 Å². The SMILES string of the molecule is O=S(=O)(Cl)c1nc(Br)c(C(F)F)cc1Cl. The quantitative estimate of drug-likeness (QED) is 0.612. The molecule has 1 aromatic rings. The van der Waals surface area contributed by atoms with Crippen molar-refractivity contribution in [3.63, 3.8) is 0 Å². The molecule has 9 heteroatoms. The molecule has 1 rings (SSSR count). The molecule has 0 aromatic carbocycles. The predicted octanol–water partition coefficient (Wildman–Crippen LogP) is 3.36. The van der Waals surface area contributed by atoms with Gasteiger partial charge in [0.1, 0.15) is 4.60 Å². The molecule has 15 heavy (non-hydrogen) atoms. The van der Waals surface area contributed by atoms with E-state index in [-0.39, 0.29) is 4.60 Å². The average molecular weight is 341 g/mol. The van der Waals surface area contributed by atoms with Gasteiger partial charge in [-0.1, -0.05) is 11.6 Å². The fraction of sp³-hybridized carbons (Fsp3) is 0.167. The molecule has 0 aliphatic carbocycles. The van der Waals surface area contributed by atoms with E-state index in [2.05, 4.69) is 20.9 Å². The minimum absolute atomic E-state index is 0.305.